The lowest BCUT2D eigenvalue weighted by atomic mass is 9.83. The maximum Gasteiger partial charge on any atom is 0.304 e. The number of benzene rings is 1. The molecule has 6 rings (SSSR count). The quantitative estimate of drug-likeness (QED) is 0.913. The highest BCUT2D eigenvalue weighted by molar-refractivity contribution is 5.91. The van der Waals surface area contributed by atoms with Crippen molar-refractivity contribution in [2.45, 2.75) is 43.4 Å². The second-order valence-electron chi connectivity index (χ2n) is 7.26. The third kappa shape index (κ3) is 1.61. The number of rotatable bonds is 3. The van der Waals surface area contributed by atoms with Crippen LogP contribution in [-0.4, -0.2) is 29.1 Å². The van der Waals surface area contributed by atoms with E-state index in [-0.39, 0.29) is 11.8 Å². The summed E-state index contributed by atoms with van der Waals surface area (Å²) in [6, 6.07) is 6.57. The second kappa shape index (κ2) is 4.06. The molecule has 1 aliphatic carbocycles. The molecule has 2 bridgehead atoms. The highest BCUT2D eigenvalue weighted by Crippen LogP contribution is 2.53. The van der Waals surface area contributed by atoms with Gasteiger partial charge in [0.05, 0.1) is 6.42 Å². The van der Waals surface area contributed by atoms with E-state index in [4.69, 9.17) is 0 Å². The van der Waals surface area contributed by atoms with E-state index in [1.807, 2.05) is 0 Å². The summed E-state index contributed by atoms with van der Waals surface area (Å²) in [4.78, 5) is 17.2. The van der Waals surface area contributed by atoms with E-state index in [9.17, 15) is 9.90 Å². The van der Waals surface area contributed by atoms with Crippen molar-refractivity contribution in [3.63, 3.8) is 0 Å². The molecule has 0 unspecified atom stereocenters. The number of carbonyl (C=O) groups is 1. The number of nitrogens with zero attached hydrogens (tertiary/aromatic N) is 1. The highest BCUT2D eigenvalue weighted by atomic mass is 16.4. The van der Waals surface area contributed by atoms with E-state index in [2.05, 4.69) is 28.1 Å². The molecule has 0 amide bonds. The topological polar surface area (TPSA) is 56.3 Å². The Morgan fingerprint density at radius 3 is 2.77 bits per heavy atom. The summed E-state index contributed by atoms with van der Waals surface area (Å²) >= 11 is 0. The maximum absolute atomic E-state index is 11.2. The van der Waals surface area contributed by atoms with Crippen molar-refractivity contribution in [2.24, 2.45) is 0 Å². The molecule has 2 aromatic rings. The number of H-pyrrole nitrogens is 1. The van der Waals surface area contributed by atoms with Crippen LogP contribution in [0.25, 0.3) is 10.9 Å². The van der Waals surface area contributed by atoms with Gasteiger partial charge in [-0.2, -0.15) is 0 Å². The van der Waals surface area contributed by atoms with Gasteiger partial charge in [0.1, 0.15) is 5.82 Å². The van der Waals surface area contributed by atoms with Crippen LogP contribution in [0.4, 0.5) is 5.82 Å². The van der Waals surface area contributed by atoms with Crippen LogP contribution in [0.3, 0.4) is 0 Å². The summed E-state index contributed by atoms with van der Waals surface area (Å²) in [5.41, 5.74) is 3.82. The number of fused-ring (bicyclic) bond motifs is 3. The van der Waals surface area contributed by atoms with Crippen LogP contribution in [0.15, 0.2) is 18.2 Å². The van der Waals surface area contributed by atoms with Gasteiger partial charge in [-0.15, -0.1) is 0 Å². The molecule has 4 heterocycles. The van der Waals surface area contributed by atoms with E-state index in [0.717, 1.165) is 12.8 Å². The summed E-state index contributed by atoms with van der Waals surface area (Å²) in [7, 11) is 0. The Kier molecular flexibility index (Phi) is 2.32. The Bertz CT molecular complexity index is 780. The number of nitrogens with one attached hydrogen (secondary N) is 1. The first-order chi connectivity index (χ1) is 10.7. The van der Waals surface area contributed by atoms with Crippen molar-refractivity contribution in [3.05, 3.63) is 29.3 Å². The average Bonchev–Trinajstić information content (AvgIpc) is 3.18. The molecule has 2 fully saturated rings. The van der Waals surface area contributed by atoms with Crippen molar-refractivity contribution in [2.75, 3.05) is 18.0 Å². The predicted octanol–water partition coefficient (Wildman–Crippen LogP) is 3.37. The molecule has 114 valence electrons. The largest absolute Gasteiger partial charge is 0.481 e. The van der Waals surface area contributed by atoms with Crippen LogP contribution < -0.4 is 4.90 Å². The summed E-state index contributed by atoms with van der Waals surface area (Å²) in [6.45, 7) is 2.33. The van der Waals surface area contributed by atoms with Gasteiger partial charge in [0.25, 0.3) is 0 Å². The van der Waals surface area contributed by atoms with Gasteiger partial charge < -0.3 is 15.0 Å². The molecule has 2 N–H and O–H groups in total. The lowest BCUT2D eigenvalue weighted by Gasteiger charge is -2.40. The predicted molar refractivity (Wildman–Crippen MR) is 85.7 cm³/mol. The van der Waals surface area contributed by atoms with Gasteiger partial charge in [0.2, 0.25) is 0 Å². The van der Waals surface area contributed by atoms with E-state index in [1.165, 1.54) is 53.8 Å². The fraction of sp³-hybridized carbons (Fsp3) is 0.500. The van der Waals surface area contributed by atoms with E-state index in [0.29, 0.717) is 5.92 Å². The number of anilines is 1. The molecule has 22 heavy (non-hydrogen) atoms. The second-order valence-corrected chi connectivity index (χ2v) is 7.26. The van der Waals surface area contributed by atoms with Crippen molar-refractivity contribution in [1.82, 2.24) is 4.98 Å². The van der Waals surface area contributed by atoms with Gasteiger partial charge >= 0.3 is 5.97 Å². The first kappa shape index (κ1) is 12.6. The van der Waals surface area contributed by atoms with Crippen LogP contribution in [0.1, 0.15) is 49.1 Å². The van der Waals surface area contributed by atoms with Crippen molar-refractivity contribution in [3.8, 4) is 0 Å². The number of aromatic amines is 1. The molecule has 0 spiro atoms. The summed E-state index contributed by atoms with van der Waals surface area (Å²) in [6.07, 6.45) is 4.79. The molecule has 1 aromatic heterocycles. The maximum atomic E-state index is 11.2. The first-order valence-corrected chi connectivity index (χ1v) is 8.29. The zero-order valence-corrected chi connectivity index (χ0v) is 12.6. The minimum Gasteiger partial charge on any atom is -0.481 e. The molecule has 0 radical (unpaired) electrons. The Morgan fingerprint density at radius 1 is 1.32 bits per heavy atom. The fourth-order valence-electron chi connectivity index (χ4n) is 4.59. The SMILES string of the molecule is O=C(O)CC1(c2ccc3[nH]c4c(c3c2)C2CCN4CC2)CC1. The lowest BCUT2D eigenvalue weighted by Crippen LogP contribution is -2.38. The number of carboxylic acids is 1. The van der Waals surface area contributed by atoms with Gasteiger partial charge in [-0.25, -0.2) is 0 Å². The molecular weight excluding hydrogens is 276 g/mol. The molecule has 0 atom stereocenters. The van der Waals surface area contributed by atoms with Gasteiger partial charge in [0.15, 0.2) is 0 Å². The van der Waals surface area contributed by atoms with Gasteiger partial charge in [0, 0.05) is 35.0 Å². The van der Waals surface area contributed by atoms with Crippen LogP contribution in [0, 0.1) is 0 Å². The Labute approximate surface area is 129 Å². The van der Waals surface area contributed by atoms with Crippen LogP contribution in [0.2, 0.25) is 0 Å². The third-order valence-electron chi connectivity index (χ3n) is 5.99. The zero-order chi connectivity index (χ0) is 14.9. The standard InChI is InChI=1S/C18H20N2O2/c21-15(22)10-18(5-6-18)12-1-2-14-13(9-12)16-11-3-7-20(8-4-11)17(16)19-14/h1-2,9,11,19H,3-8,10H2,(H,21,22). The molecule has 4 heteroatoms. The van der Waals surface area contributed by atoms with E-state index in [1.54, 1.807) is 0 Å². The minimum atomic E-state index is -0.682. The van der Waals surface area contributed by atoms with Crippen LogP contribution in [-0.2, 0) is 10.2 Å². The molecule has 1 aromatic carbocycles. The summed E-state index contributed by atoms with van der Waals surface area (Å²) < 4.78 is 0. The minimum absolute atomic E-state index is 0.0991. The van der Waals surface area contributed by atoms with Crippen LogP contribution >= 0.6 is 0 Å². The molecule has 1 saturated heterocycles. The van der Waals surface area contributed by atoms with Crippen LogP contribution in [0.5, 0.6) is 0 Å². The van der Waals surface area contributed by atoms with Crippen molar-refractivity contribution in [1.29, 1.82) is 0 Å². The lowest BCUT2D eigenvalue weighted by molar-refractivity contribution is -0.137. The Balaban J connectivity index is 1.65. The molecule has 4 nitrogen and oxygen atoms in total. The Morgan fingerprint density at radius 2 is 2.09 bits per heavy atom. The zero-order valence-electron chi connectivity index (χ0n) is 12.6. The summed E-state index contributed by atoms with van der Waals surface area (Å²) in [5.74, 6) is 1.32. The van der Waals surface area contributed by atoms with Crippen molar-refractivity contribution < 1.29 is 9.90 Å². The first-order valence-electron chi connectivity index (χ1n) is 8.29. The van der Waals surface area contributed by atoms with E-state index < -0.39 is 5.97 Å². The Hall–Kier alpha value is -1.97. The number of hydrogen-bond acceptors (Lipinski definition) is 2. The number of piperidine rings is 1. The van der Waals surface area contributed by atoms with Gasteiger partial charge in [-0.3, -0.25) is 4.79 Å². The van der Waals surface area contributed by atoms with Gasteiger partial charge in [-0.1, -0.05) is 6.07 Å². The molecule has 3 aliphatic heterocycles. The van der Waals surface area contributed by atoms with E-state index >= 15 is 0 Å². The fourth-order valence-corrected chi connectivity index (χ4v) is 4.59. The normalized spacial score (nSPS) is 22.1. The average molecular weight is 296 g/mol. The highest BCUT2D eigenvalue weighted by Gasteiger charge is 2.46. The number of hydrogen-bond donors (Lipinski definition) is 2. The van der Waals surface area contributed by atoms with Crippen molar-refractivity contribution >= 4 is 22.7 Å². The van der Waals surface area contributed by atoms with Gasteiger partial charge in [-0.05, 0) is 49.3 Å². The third-order valence-corrected chi connectivity index (χ3v) is 5.99. The molecule has 1 saturated carbocycles. The summed E-state index contributed by atoms with van der Waals surface area (Å²) in [5, 5.41) is 10.5. The number of carboxylic acid groups (broad SMARTS) is 1. The number of aliphatic carboxylic acids is 1. The molecular formula is C18H20N2O2. The number of aromatic nitrogens is 1. The molecule has 4 aliphatic rings. The monoisotopic (exact) mass is 296 g/mol. The smallest absolute Gasteiger partial charge is 0.304 e.